The van der Waals surface area contributed by atoms with Gasteiger partial charge in [-0.05, 0) is 24.5 Å². The van der Waals surface area contributed by atoms with Gasteiger partial charge in [0, 0.05) is 12.6 Å². The van der Waals surface area contributed by atoms with Gasteiger partial charge in [0.1, 0.15) is 4.21 Å². The topological polar surface area (TPSA) is 66.4 Å². The van der Waals surface area contributed by atoms with Gasteiger partial charge in [0.05, 0.1) is 4.34 Å². The zero-order chi connectivity index (χ0) is 14.5. The highest BCUT2D eigenvalue weighted by molar-refractivity contribution is 7.91. The Morgan fingerprint density at radius 1 is 1.37 bits per heavy atom. The van der Waals surface area contributed by atoms with Gasteiger partial charge in [-0.2, -0.15) is 0 Å². The second-order valence-electron chi connectivity index (χ2n) is 4.38. The van der Waals surface area contributed by atoms with E-state index < -0.39 is 10.0 Å². The molecule has 0 spiro atoms. The van der Waals surface area contributed by atoms with Gasteiger partial charge in [-0.3, -0.25) is 0 Å². The van der Waals surface area contributed by atoms with Gasteiger partial charge in [-0.1, -0.05) is 38.3 Å². The molecule has 1 rings (SSSR count). The van der Waals surface area contributed by atoms with E-state index in [2.05, 4.69) is 4.72 Å². The van der Waals surface area contributed by atoms with Crippen LogP contribution in [0.5, 0.6) is 0 Å². The molecule has 0 aliphatic carbocycles. The van der Waals surface area contributed by atoms with E-state index in [1.807, 2.05) is 13.8 Å². The highest BCUT2D eigenvalue weighted by Crippen LogP contribution is 2.26. The third-order valence-electron chi connectivity index (χ3n) is 3.18. The van der Waals surface area contributed by atoms with Crippen molar-refractivity contribution in [1.29, 1.82) is 0 Å². The van der Waals surface area contributed by atoms with Crippen molar-refractivity contribution in [3.05, 3.63) is 16.5 Å². The number of halogens is 1. The third kappa shape index (κ3) is 4.72. The second-order valence-corrected chi connectivity index (χ2v) is 8.03. The lowest BCUT2D eigenvalue weighted by molar-refractivity contribution is 0.242. The Balaban J connectivity index is 2.89. The van der Waals surface area contributed by atoms with E-state index in [0.717, 1.165) is 24.2 Å². The Labute approximate surface area is 123 Å². The van der Waals surface area contributed by atoms with Crippen LogP contribution in [0.25, 0.3) is 0 Å². The van der Waals surface area contributed by atoms with Crippen molar-refractivity contribution in [2.75, 3.05) is 6.61 Å². The molecule has 0 aliphatic rings. The Morgan fingerprint density at radius 2 is 2.00 bits per heavy atom. The third-order valence-corrected chi connectivity index (χ3v) is 6.39. The van der Waals surface area contributed by atoms with E-state index in [1.165, 1.54) is 6.07 Å². The number of aliphatic hydroxyl groups is 1. The summed E-state index contributed by atoms with van der Waals surface area (Å²) < 4.78 is 27.8. The predicted octanol–water partition coefficient (Wildman–Crippen LogP) is 2.87. The van der Waals surface area contributed by atoms with Crippen LogP contribution in [0.1, 0.15) is 33.1 Å². The highest BCUT2D eigenvalue weighted by Gasteiger charge is 2.25. The lowest BCUT2D eigenvalue weighted by Gasteiger charge is -2.25. The molecule has 0 aromatic carbocycles. The molecule has 0 radical (unpaired) electrons. The molecule has 0 fully saturated rings. The summed E-state index contributed by atoms with van der Waals surface area (Å²) in [4.78, 5) is 0. The van der Waals surface area contributed by atoms with Crippen molar-refractivity contribution in [2.24, 2.45) is 5.92 Å². The fourth-order valence-corrected chi connectivity index (χ4v) is 4.93. The number of thiophene rings is 1. The van der Waals surface area contributed by atoms with Crippen molar-refractivity contribution in [2.45, 2.75) is 43.4 Å². The maximum absolute atomic E-state index is 12.2. The molecule has 110 valence electrons. The zero-order valence-corrected chi connectivity index (χ0v) is 13.5. The average Bonchev–Trinajstić information content (AvgIpc) is 2.78. The molecule has 1 atom stereocenters. The van der Waals surface area contributed by atoms with E-state index in [9.17, 15) is 8.42 Å². The number of hydrogen-bond acceptors (Lipinski definition) is 4. The standard InChI is InChI=1S/C12H20ClNO3S2/c1-3-9(4-2)10(7-8-15)14-19(16,17)12-6-5-11(13)18-12/h5-6,9-10,14-15H,3-4,7-8H2,1-2H3/t10-/m0/s1. The Hall–Kier alpha value is -0.140. The number of hydrogen-bond donors (Lipinski definition) is 2. The zero-order valence-electron chi connectivity index (χ0n) is 11.1. The highest BCUT2D eigenvalue weighted by atomic mass is 35.5. The first-order chi connectivity index (χ1) is 8.94. The minimum absolute atomic E-state index is 0.0329. The van der Waals surface area contributed by atoms with E-state index in [1.54, 1.807) is 6.07 Å². The number of rotatable bonds is 8. The molecule has 2 N–H and O–H groups in total. The molecule has 1 aromatic heterocycles. The average molecular weight is 326 g/mol. The van der Waals surface area contributed by atoms with E-state index in [0.29, 0.717) is 10.8 Å². The first-order valence-electron chi connectivity index (χ1n) is 6.33. The number of aliphatic hydroxyl groups excluding tert-OH is 1. The maximum atomic E-state index is 12.2. The lowest BCUT2D eigenvalue weighted by Crippen LogP contribution is -2.40. The summed E-state index contributed by atoms with van der Waals surface area (Å²) in [5.41, 5.74) is 0. The van der Waals surface area contributed by atoms with Gasteiger partial charge in [0.15, 0.2) is 0 Å². The summed E-state index contributed by atoms with van der Waals surface area (Å²) in [5, 5.41) is 9.09. The van der Waals surface area contributed by atoms with Crippen LogP contribution in [0.4, 0.5) is 0 Å². The molecule has 0 amide bonds. The first-order valence-corrected chi connectivity index (χ1v) is 9.00. The molecule has 0 saturated carbocycles. The van der Waals surface area contributed by atoms with Gasteiger partial charge in [0.2, 0.25) is 10.0 Å². The predicted molar refractivity (Wildman–Crippen MR) is 79.2 cm³/mol. The second kappa shape index (κ2) is 7.59. The van der Waals surface area contributed by atoms with Crippen molar-refractivity contribution in [3.63, 3.8) is 0 Å². The van der Waals surface area contributed by atoms with Crippen LogP contribution < -0.4 is 4.72 Å². The molecule has 1 aromatic rings. The Morgan fingerprint density at radius 3 is 2.42 bits per heavy atom. The fraction of sp³-hybridized carbons (Fsp3) is 0.667. The van der Waals surface area contributed by atoms with Crippen LogP contribution in [-0.4, -0.2) is 26.2 Å². The summed E-state index contributed by atoms with van der Waals surface area (Å²) in [6.07, 6.45) is 2.16. The number of nitrogens with one attached hydrogen (secondary N) is 1. The van der Waals surface area contributed by atoms with Gasteiger partial charge >= 0.3 is 0 Å². The molecule has 7 heteroatoms. The largest absolute Gasteiger partial charge is 0.396 e. The summed E-state index contributed by atoms with van der Waals surface area (Å²) in [5.74, 6) is 0.220. The van der Waals surface area contributed by atoms with Crippen LogP contribution >= 0.6 is 22.9 Å². The molecule has 0 aliphatic heterocycles. The van der Waals surface area contributed by atoms with Gasteiger partial charge in [0.25, 0.3) is 0 Å². The normalized spacial score (nSPS) is 13.9. The van der Waals surface area contributed by atoms with Crippen LogP contribution in [0.2, 0.25) is 4.34 Å². The molecule has 19 heavy (non-hydrogen) atoms. The van der Waals surface area contributed by atoms with Crippen molar-refractivity contribution in [1.82, 2.24) is 4.72 Å². The molecule has 0 unspecified atom stereocenters. The van der Waals surface area contributed by atoms with Crippen LogP contribution in [0.3, 0.4) is 0 Å². The molecular formula is C12H20ClNO3S2. The Kier molecular flexibility index (Phi) is 6.76. The van der Waals surface area contributed by atoms with Crippen LogP contribution in [-0.2, 0) is 10.0 Å². The van der Waals surface area contributed by atoms with Gasteiger partial charge < -0.3 is 5.11 Å². The van der Waals surface area contributed by atoms with E-state index >= 15 is 0 Å². The van der Waals surface area contributed by atoms with Gasteiger partial charge in [-0.15, -0.1) is 11.3 Å². The number of sulfonamides is 1. The summed E-state index contributed by atoms with van der Waals surface area (Å²) >= 11 is 6.80. The molecule has 0 bridgehead atoms. The maximum Gasteiger partial charge on any atom is 0.250 e. The van der Waals surface area contributed by atoms with E-state index in [-0.39, 0.29) is 22.8 Å². The minimum atomic E-state index is -3.55. The fourth-order valence-electron chi connectivity index (χ4n) is 2.09. The van der Waals surface area contributed by atoms with E-state index in [4.69, 9.17) is 16.7 Å². The SMILES string of the molecule is CCC(CC)[C@H](CCO)NS(=O)(=O)c1ccc(Cl)s1. The van der Waals surface area contributed by atoms with Crippen LogP contribution in [0.15, 0.2) is 16.3 Å². The quantitative estimate of drug-likeness (QED) is 0.772. The molecular weight excluding hydrogens is 306 g/mol. The minimum Gasteiger partial charge on any atom is -0.396 e. The summed E-state index contributed by atoms with van der Waals surface area (Å²) in [7, 11) is -3.55. The lowest BCUT2D eigenvalue weighted by atomic mass is 9.93. The monoisotopic (exact) mass is 325 g/mol. The summed E-state index contributed by atoms with van der Waals surface area (Å²) in [6.45, 7) is 4.01. The first kappa shape index (κ1) is 16.9. The van der Waals surface area contributed by atoms with Gasteiger partial charge in [-0.25, -0.2) is 13.1 Å². The Bertz CT molecular complexity index is 483. The van der Waals surface area contributed by atoms with Crippen LogP contribution in [0, 0.1) is 5.92 Å². The molecule has 1 heterocycles. The summed E-state index contributed by atoms with van der Waals surface area (Å²) in [6, 6.07) is 2.82. The van der Waals surface area contributed by atoms with Crippen molar-refractivity contribution < 1.29 is 13.5 Å². The van der Waals surface area contributed by atoms with Crippen molar-refractivity contribution >= 4 is 33.0 Å². The molecule has 0 saturated heterocycles. The van der Waals surface area contributed by atoms with Crippen molar-refractivity contribution in [3.8, 4) is 0 Å². The smallest absolute Gasteiger partial charge is 0.250 e. The molecule has 4 nitrogen and oxygen atoms in total.